The molecule has 0 aliphatic heterocycles. The van der Waals surface area contributed by atoms with Crippen molar-refractivity contribution in [1.29, 1.82) is 0 Å². The van der Waals surface area contributed by atoms with Crippen LogP contribution in [0.4, 0.5) is 11.6 Å². The van der Waals surface area contributed by atoms with E-state index in [4.69, 9.17) is 16.3 Å². The number of carbonyl (C=O) groups excluding carboxylic acids is 1. The minimum absolute atomic E-state index is 0.298. The molecule has 0 aliphatic carbocycles. The Morgan fingerprint density at radius 2 is 2.04 bits per heavy atom. The summed E-state index contributed by atoms with van der Waals surface area (Å²) in [6.45, 7) is 6.89. The topological polar surface area (TPSA) is 76.1 Å². The first-order valence-corrected chi connectivity index (χ1v) is 8.51. The second kappa shape index (κ2) is 8.67. The molecule has 0 spiro atoms. The smallest absolute Gasteiger partial charge is 0.274 e. The zero-order valence-electron chi connectivity index (χ0n) is 14.9. The number of aromatic nitrogens is 2. The Kier molecular flexibility index (Phi) is 6.58. The summed E-state index contributed by atoms with van der Waals surface area (Å²) < 4.78 is 5.10. The van der Waals surface area contributed by atoms with Crippen LogP contribution >= 0.6 is 11.6 Å². The molecule has 134 valence electrons. The summed E-state index contributed by atoms with van der Waals surface area (Å²) in [5.74, 6) is 1.27. The lowest BCUT2D eigenvalue weighted by Gasteiger charge is -2.10. The zero-order chi connectivity index (χ0) is 18.4. The number of halogens is 1. The molecule has 1 heterocycles. The second-order valence-electron chi connectivity index (χ2n) is 6.13. The Morgan fingerprint density at radius 1 is 1.28 bits per heavy atom. The molecule has 0 fully saturated rings. The van der Waals surface area contributed by atoms with Crippen LogP contribution in [0.25, 0.3) is 0 Å². The predicted molar refractivity (Wildman–Crippen MR) is 101 cm³/mol. The summed E-state index contributed by atoms with van der Waals surface area (Å²) in [5.41, 5.74) is 1.59. The van der Waals surface area contributed by atoms with Gasteiger partial charge in [0.2, 0.25) is 5.95 Å². The summed E-state index contributed by atoms with van der Waals surface area (Å²) in [6, 6.07) is 6.70. The number of rotatable bonds is 7. The largest absolute Gasteiger partial charge is 0.495 e. The number of benzene rings is 1. The van der Waals surface area contributed by atoms with Crippen LogP contribution in [-0.2, 0) is 0 Å². The number of ether oxygens (including phenoxy) is 1. The number of hydrogen-bond donors (Lipinski definition) is 2. The lowest BCUT2D eigenvalue weighted by atomic mass is 10.1. The van der Waals surface area contributed by atoms with Crippen molar-refractivity contribution in [3.63, 3.8) is 0 Å². The Hall–Kier alpha value is -2.34. The Bertz CT molecular complexity index is 750. The van der Waals surface area contributed by atoms with Crippen LogP contribution in [0.2, 0.25) is 5.02 Å². The zero-order valence-corrected chi connectivity index (χ0v) is 15.6. The first-order chi connectivity index (χ1) is 11.9. The Morgan fingerprint density at radius 3 is 2.68 bits per heavy atom. The highest BCUT2D eigenvalue weighted by Crippen LogP contribution is 2.27. The van der Waals surface area contributed by atoms with E-state index in [0.717, 1.165) is 18.7 Å². The van der Waals surface area contributed by atoms with Gasteiger partial charge in [0.25, 0.3) is 5.91 Å². The number of carbonyl (C=O) groups is 1. The van der Waals surface area contributed by atoms with Gasteiger partial charge in [0.15, 0.2) is 0 Å². The van der Waals surface area contributed by atoms with Crippen molar-refractivity contribution < 1.29 is 9.53 Å². The monoisotopic (exact) mass is 362 g/mol. The van der Waals surface area contributed by atoms with Gasteiger partial charge in [-0.15, -0.1) is 0 Å². The van der Waals surface area contributed by atoms with E-state index >= 15 is 0 Å². The molecule has 0 saturated carbocycles. The van der Waals surface area contributed by atoms with E-state index in [1.807, 2.05) is 6.92 Å². The third-order valence-electron chi connectivity index (χ3n) is 3.50. The SMILES string of the molecule is COc1ccc(NC(=O)c2cc(C)nc(NCCC(C)C)n2)cc1Cl. The molecule has 1 aromatic carbocycles. The van der Waals surface area contributed by atoms with E-state index < -0.39 is 0 Å². The number of aryl methyl sites for hydroxylation is 1. The molecule has 2 N–H and O–H groups in total. The van der Waals surface area contributed by atoms with Crippen molar-refractivity contribution >= 4 is 29.1 Å². The molecule has 0 bridgehead atoms. The molecular formula is C18H23ClN4O2. The molecule has 1 amide bonds. The molecule has 0 unspecified atom stereocenters. The van der Waals surface area contributed by atoms with Crippen LogP contribution in [0.15, 0.2) is 24.3 Å². The van der Waals surface area contributed by atoms with Crippen LogP contribution in [-0.4, -0.2) is 29.5 Å². The molecule has 0 atom stereocenters. The maximum absolute atomic E-state index is 12.5. The van der Waals surface area contributed by atoms with Crippen molar-refractivity contribution in [2.45, 2.75) is 27.2 Å². The first kappa shape index (κ1) is 19.0. The minimum atomic E-state index is -0.321. The van der Waals surface area contributed by atoms with Crippen molar-refractivity contribution in [3.8, 4) is 5.75 Å². The maximum atomic E-state index is 12.5. The summed E-state index contributed by atoms with van der Waals surface area (Å²) in [7, 11) is 1.54. The van der Waals surface area contributed by atoms with Crippen LogP contribution in [0.1, 0.15) is 36.5 Å². The maximum Gasteiger partial charge on any atom is 0.274 e. The lowest BCUT2D eigenvalue weighted by Crippen LogP contribution is -2.16. The van der Waals surface area contributed by atoms with Gasteiger partial charge in [-0.25, -0.2) is 9.97 Å². The van der Waals surface area contributed by atoms with Crippen LogP contribution in [0.3, 0.4) is 0 Å². The standard InChI is InChI=1S/C18H23ClN4O2/c1-11(2)7-8-20-18-21-12(3)9-15(23-18)17(24)22-13-5-6-16(25-4)14(19)10-13/h5-6,9-11H,7-8H2,1-4H3,(H,22,24)(H,20,21,23). The van der Waals surface area contributed by atoms with Crippen molar-refractivity contribution in [1.82, 2.24) is 9.97 Å². The summed E-state index contributed by atoms with van der Waals surface area (Å²) in [4.78, 5) is 21.1. The molecule has 2 aromatic rings. The molecule has 2 rings (SSSR count). The highest BCUT2D eigenvalue weighted by atomic mass is 35.5. The van der Waals surface area contributed by atoms with E-state index in [9.17, 15) is 4.79 Å². The highest BCUT2D eigenvalue weighted by Gasteiger charge is 2.12. The average molecular weight is 363 g/mol. The number of nitrogens with zero attached hydrogens (tertiary/aromatic N) is 2. The molecule has 25 heavy (non-hydrogen) atoms. The van der Waals surface area contributed by atoms with E-state index in [2.05, 4.69) is 34.4 Å². The van der Waals surface area contributed by atoms with Gasteiger partial charge >= 0.3 is 0 Å². The van der Waals surface area contributed by atoms with Crippen LogP contribution in [0.5, 0.6) is 5.75 Å². The van der Waals surface area contributed by atoms with Gasteiger partial charge in [-0.2, -0.15) is 0 Å². The fourth-order valence-corrected chi connectivity index (χ4v) is 2.43. The third kappa shape index (κ3) is 5.60. The molecule has 0 saturated heterocycles. The molecule has 1 aromatic heterocycles. The van der Waals surface area contributed by atoms with E-state index in [1.165, 1.54) is 7.11 Å². The average Bonchev–Trinajstić information content (AvgIpc) is 2.54. The fraction of sp³-hybridized carbons (Fsp3) is 0.389. The van der Waals surface area contributed by atoms with Gasteiger partial charge in [0.05, 0.1) is 12.1 Å². The van der Waals surface area contributed by atoms with Gasteiger partial charge in [-0.1, -0.05) is 25.4 Å². The van der Waals surface area contributed by atoms with Crippen LogP contribution in [0, 0.1) is 12.8 Å². The van der Waals surface area contributed by atoms with E-state index in [-0.39, 0.29) is 5.91 Å². The summed E-state index contributed by atoms with van der Waals surface area (Å²) in [6.07, 6.45) is 1.00. The first-order valence-electron chi connectivity index (χ1n) is 8.13. The van der Waals surface area contributed by atoms with Gasteiger partial charge in [-0.3, -0.25) is 4.79 Å². The van der Waals surface area contributed by atoms with Gasteiger partial charge in [0, 0.05) is 17.9 Å². The fourth-order valence-electron chi connectivity index (χ4n) is 2.18. The van der Waals surface area contributed by atoms with Crippen molar-refractivity contribution in [2.75, 3.05) is 24.3 Å². The highest BCUT2D eigenvalue weighted by molar-refractivity contribution is 6.32. The second-order valence-corrected chi connectivity index (χ2v) is 6.54. The lowest BCUT2D eigenvalue weighted by molar-refractivity contribution is 0.102. The third-order valence-corrected chi connectivity index (χ3v) is 3.80. The predicted octanol–water partition coefficient (Wildman–Crippen LogP) is 4.16. The molecule has 0 aliphatic rings. The van der Waals surface area contributed by atoms with E-state index in [0.29, 0.717) is 34.0 Å². The van der Waals surface area contributed by atoms with Gasteiger partial charge in [-0.05, 0) is 43.5 Å². The van der Waals surface area contributed by atoms with Gasteiger partial charge < -0.3 is 15.4 Å². The minimum Gasteiger partial charge on any atom is -0.495 e. The number of anilines is 2. The summed E-state index contributed by atoms with van der Waals surface area (Å²) in [5, 5.41) is 6.37. The number of methoxy groups -OCH3 is 1. The normalized spacial score (nSPS) is 10.6. The Balaban J connectivity index is 2.10. The van der Waals surface area contributed by atoms with Gasteiger partial charge in [0.1, 0.15) is 11.4 Å². The van der Waals surface area contributed by atoms with Crippen molar-refractivity contribution in [2.24, 2.45) is 5.92 Å². The molecule has 6 nitrogen and oxygen atoms in total. The Labute approximate surface area is 153 Å². The quantitative estimate of drug-likeness (QED) is 0.773. The molecule has 0 radical (unpaired) electrons. The molecule has 7 heteroatoms. The number of amides is 1. The number of nitrogens with one attached hydrogen (secondary N) is 2. The van der Waals surface area contributed by atoms with Crippen molar-refractivity contribution in [3.05, 3.63) is 40.7 Å². The molecular weight excluding hydrogens is 340 g/mol. The van der Waals surface area contributed by atoms with E-state index in [1.54, 1.807) is 24.3 Å². The summed E-state index contributed by atoms with van der Waals surface area (Å²) >= 11 is 6.08. The number of hydrogen-bond acceptors (Lipinski definition) is 5. The van der Waals surface area contributed by atoms with Crippen LogP contribution < -0.4 is 15.4 Å².